The fourth-order valence-corrected chi connectivity index (χ4v) is 2.96. The summed E-state index contributed by atoms with van der Waals surface area (Å²) in [6.07, 6.45) is 0. The highest BCUT2D eigenvalue weighted by Gasteiger charge is 2.12. The van der Waals surface area contributed by atoms with Crippen LogP contribution in [-0.2, 0) is 0 Å². The molecule has 0 aliphatic heterocycles. The van der Waals surface area contributed by atoms with E-state index < -0.39 is 11.7 Å². The number of hydrogen-bond donors (Lipinski definition) is 2. The summed E-state index contributed by atoms with van der Waals surface area (Å²) in [5.41, 5.74) is 7.33. The Kier molecular flexibility index (Phi) is 3.60. The second-order valence-corrected chi connectivity index (χ2v) is 6.21. The number of amides is 1. The van der Waals surface area contributed by atoms with Gasteiger partial charge in [-0.3, -0.25) is 10.1 Å². The molecule has 0 unspecified atom stereocenters. The number of halogens is 2. The molecule has 2 aromatic carbocycles. The Balaban J connectivity index is 1.87. The van der Waals surface area contributed by atoms with Crippen LogP contribution < -0.4 is 11.1 Å². The highest BCUT2D eigenvalue weighted by molar-refractivity contribution is 9.10. The molecule has 1 amide bonds. The van der Waals surface area contributed by atoms with Gasteiger partial charge in [0.1, 0.15) is 5.82 Å². The van der Waals surface area contributed by atoms with E-state index in [1.807, 2.05) is 0 Å². The first-order valence-electron chi connectivity index (χ1n) is 5.95. The fourth-order valence-electron chi connectivity index (χ4n) is 1.80. The lowest BCUT2D eigenvalue weighted by atomic mass is 10.2. The number of benzene rings is 2. The summed E-state index contributed by atoms with van der Waals surface area (Å²) >= 11 is 4.36. The van der Waals surface area contributed by atoms with E-state index in [0.717, 1.165) is 10.2 Å². The average molecular weight is 366 g/mol. The molecule has 3 rings (SSSR count). The van der Waals surface area contributed by atoms with Crippen molar-refractivity contribution in [2.45, 2.75) is 0 Å². The molecule has 1 aromatic heterocycles. The summed E-state index contributed by atoms with van der Waals surface area (Å²) in [7, 11) is 0. The number of thiazole rings is 1. The smallest absolute Gasteiger partial charge is 0.257 e. The Hall–Kier alpha value is -1.99. The van der Waals surface area contributed by atoms with Crippen LogP contribution in [0.4, 0.5) is 15.2 Å². The van der Waals surface area contributed by atoms with Gasteiger partial charge in [-0.15, -0.1) is 0 Å². The molecule has 4 nitrogen and oxygen atoms in total. The summed E-state index contributed by atoms with van der Waals surface area (Å²) in [5, 5.41) is 3.11. The Bertz CT molecular complexity index is 849. The number of nitrogens with one attached hydrogen (secondary N) is 1. The molecule has 0 saturated carbocycles. The molecule has 0 radical (unpaired) electrons. The third-order valence-electron chi connectivity index (χ3n) is 2.81. The van der Waals surface area contributed by atoms with Gasteiger partial charge in [0.2, 0.25) is 0 Å². The minimum absolute atomic E-state index is 0.231. The van der Waals surface area contributed by atoms with Gasteiger partial charge < -0.3 is 5.73 Å². The predicted molar refractivity (Wildman–Crippen MR) is 86.1 cm³/mol. The van der Waals surface area contributed by atoms with E-state index in [-0.39, 0.29) is 5.56 Å². The molecule has 0 spiro atoms. The highest BCUT2D eigenvalue weighted by atomic mass is 79.9. The van der Waals surface area contributed by atoms with Crippen molar-refractivity contribution >= 4 is 54.2 Å². The number of hydrogen-bond acceptors (Lipinski definition) is 4. The molecule has 1 heterocycles. The molecule has 106 valence electrons. The van der Waals surface area contributed by atoms with E-state index in [4.69, 9.17) is 5.73 Å². The van der Waals surface area contributed by atoms with Gasteiger partial charge in [0.25, 0.3) is 5.91 Å². The van der Waals surface area contributed by atoms with E-state index in [9.17, 15) is 9.18 Å². The van der Waals surface area contributed by atoms with E-state index >= 15 is 0 Å². The van der Waals surface area contributed by atoms with Crippen LogP contribution in [-0.4, -0.2) is 10.9 Å². The standard InChI is InChI=1S/C14H9BrFN3OS/c15-9-3-1-7(5-10(9)16)13(20)19-14-18-11-4-2-8(17)6-12(11)21-14/h1-6H,17H2,(H,18,19,20). The minimum atomic E-state index is -0.486. The molecular weight excluding hydrogens is 357 g/mol. The predicted octanol–water partition coefficient (Wildman–Crippen LogP) is 4.03. The van der Waals surface area contributed by atoms with Crippen molar-refractivity contribution in [2.75, 3.05) is 11.1 Å². The zero-order chi connectivity index (χ0) is 15.0. The van der Waals surface area contributed by atoms with Crippen LogP contribution in [0.5, 0.6) is 0 Å². The number of nitrogens with zero attached hydrogens (tertiary/aromatic N) is 1. The maximum atomic E-state index is 13.4. The van der Waals surface area contributed by atoms with Gasteiger partial charge in [-0.1, -0.05) is 11.3 Å². The van der Waals surface area contributed by atoms with Crippen molar-refractivity contribution in [3.8, 4) is 0 Å². The maximum Gasteiger partial charge on any atom is 0.257 e. The molecular formula is C14H9BrFN3OS. The number of anilines is 2. The first-order valence-corrected chi connectivity index (χ1v) is 7.56. The van der Waals surface area contributed by atoms with E-state index in [0.29, 0.717) is 15.3 Å². The lowest BCUT2D eigenvalue weighted by Crippen LogP contribution is -2.11. The van der Waals surface area contributed by atoms with Gasteiger partial charge in [-0.25, -0.2) is 9.37 Å². The highest BCUT2D eigenvalue weighted by Crippen LogP contribution is 2.28. The number of nitrogen functional groups attached to an aromatic ring is 1. The SMILES string of the molecule is Nc1ccc2nc(NC(=O)c3ccc(Br)c(F)c3)sc2c1. The molecule has 0 saturated heterocycles. The number of carbonyl (C=O) groups is 1. The number of rotatable bonds is 2. The molecule has 0 aliphatic carbocycles. The normalized spacial score (nSPS) is 10.8. The van der Waals surface area contributed by atoms with E-state index in [1.54, 1.807) is 18.2 Å². The van der Waals surface area contributed by atoms with Crippen molar-refractivity contribution in [2.24, 2.45) is 0 Å². The van der Waals surface area contributed by atoms with Gasteiger partial charge in [-0.05, 0) is 52.3 Å². The van der Waals surface area contributed by atoms with Crippen molar-refractivity contribution in [1.29, 1.82) is 0 Å². The van der Waals surface area contributed by atoms with Crippen molar-refractivity contribution in [1.82, 2.24) is 4.98 Å². The number of aromatic nitrogens is 1. The van der Waals surface area contributed by atoms with Crippen LogP contribution in [0.2, 0.25) is 0 Å². The molecule has 0 bridgehead atoms. The van der Waals surface area contributed by atoms with Gasteiger partial charge in [-0.2, -0.15) is 0 Å². The minimum Gasteiger partial charge on any atom is -0.399 e. The van der Waals surface area contributed by atoms with E-state index in [1.165, 1.54) is 29.5 Å². The first-order chi connectivity index (χ1) is 10.0. The summed E-state index contributed by atoms with van der Waals surface area (Å²) in [6.45, 7) is 0. The quantitative estimate of drug-likeness (QED) is 0.673. The van der Waals surface area contributed by atoms with Gasteiger partial charge in [0.15, 0.2) is 5.13 Å². The number of nitrogens with two attached hydrogens (primary N) is 1. The Morgan fingerprint density at radius 1 is 1.29 bits per heavy atom. The van der Waals surface area contributed by atoms with Crippen molar-refractivity contribution in [3.63, 3.8) is 0 Å². The van der Waals surface area contributed by atoms with Crippen molar-refractivity contribution < 1.29 is 9.18 Å². The average Bonchev–Trinajstić information content (AvgIpc) is 2.83. The van der Waals surface area contributed by atoms with Crippen LogP contribution in [0.3, 0.4) is 0 Å². The largest absolute Gasteiger partial charge is 0.399 e. The Morgan fingerprint density at radius 3 is 2.86 bits per heavy atom. The fraction of sp³-hybridized carbons (Fsp3) is 0. The lowest BCUT2D eigenvalue weighted by molar-refractivity contribution is 0.102. The monoisotopic (exact) mass is 365 g/mol. The summed E-state index contributed by atoms with van der Waals surface area (Å²) in [6, 6.07) is 9.53. The van der Waals surface area contributed by atoms with Gasteiger partial charge in [0.05, 0.1) is 14.7 Å². The van der Waals surface area contributed by atoms with Gasteiger partial charge in [0, 0.05) is 11.3 Å². The summed E-state index contributed by atoms with van der Waals surface area (Å²) < 4.78 is 14.6. The third kappa shape index (κ3) is 2.88. The van der Waals surface area contributed by atoms with Crippen LogP contribution in [0.15, 0.2) is 40.9 Å². The molecule has 0 atom stereocenters. The summed E-state index contributed by atoms with van der Waals surface area (Å²) in [4.78, 5) is 16.4. The summed E-state index contributed by atoms with van der Waals surface area (Å²) in [5.74, 6) is -0.895. The molecule has 7 heteroatoms. The number of carbonyl (C=O) groups excluding carboxylic acids is 1. The number of fused-ring (bicyclic) bond motifs is 1. The second kappa shape index (κ2) is 5.42. The second-order valence-electron chi connectivity index (χ2n) is 4.33. The zero-order valence-corrected chi connectivity index (χ0v) is 13.0. The van der Waals surface area contributed by atoms with Gasteiger partial charge >= 0.3 is 0 Å². The van der Waals surface area contributed by atoms with Crippen molar-refractivity contribution in [3.05, 3.63) is 52.3 Å². The lowest BCUT2D eigenvalue weighted by Gasteiger charge is -2.02. The van der Waals surface area contributed by atoms with Crippen LogP contribution in [0.1, 0.15) is 10.4 Å². The van der Waals surface area contributed by atoms with Crippen LogP contribution in [0.25, 0.3) is 10.2 Å². The zero-order valence-electron chi connectivity index (χ0n) is 10.6. The molecule has 21 heavy (non-hydrogen) atoms. The third-order valence-corrected chi connectivity index (χ3v) is 4.39. The first kappa shape index (κ1) is 14.0. The topological polar surface area (TPSA) is 68.0 Å². The van der Waals surface area contributed by atoms with Crippen LogP contribution >= 0.6 is 27.3 Å². The molecule has 3 N–H and O–H groups in total. The maximum absolute atomic E-state index is 13.4. The molecule has 3 aromatic rings. The van der Waals surface area contributed by atoms with E-state index in [2.05, 4.69) is 26.2 Å². The molecule has 0 fully saturated rings. The molecule has 0 aliphatic rings. The Labute approximate surface area is 131 Å². The van der Waals surface area contributed by atoms with Crippen LogP contribution in [0, 0.1) is 5.82 Å². The Morgan fingerprint density at radius 2 is 2.10 bits per heavy atom.